The number of amides is 3. The fourth-order valence-electron chi connectivity index (χ4n) is 5.48. The first-order valence-corrected chi connectivity index (χ1v) is 12.7. The van der Waals surface area contributed by atoms with Crippen molar-refractivity contribution >= 4 is 29.1 Å². The SMILES string of the molecule is Cn1nccc1C(=O)NC(C(=O)Nc1ccc2c(c1)NC(=O)C21CCOCC1)=C1CCN(CC(F)(F)F)CC1. The van der Waals surface area contributed by atoms with Gasteiger partial charge in [0.1, 0.15) is 11.4 Å². The van der Waals surface area contributed by atoms with Gasteiger partial charge in [-0.1, -0.05) is 6.07 Å². The second-order valence-corrected chi connectivity index (χ2v) is 10.0. The molecule has 3 N–H and O–H groups in total. The molecule has 2 aromatic rings. The van der Waals surface area contributed by atoms with E-state index >= 15 is 0 Å². The summed E-state index contributed by atoms with van der Waals surface area (Å²) in [5.74, 6) is -1.26. The van der Waals surface area contributed by atoms with Gasteiger partial charge in [-0.25, -0.2) is 0 Å². The minimum absolute atomic E-state index is 0.00158. The highest BCUT2D eigenvalue weighted by atomic mass is 19.4. The predicted octanol–water partition coefficient (Wildman–Crippen LogP) is 2.70. The molecule has 2 fully saturated rings. The third kappa shape index (κ3) is 5.55. The molecule has 0 radical (unpaired) electrons. The van der Waals surface area contributed by atoms with E-state index in [-0.39, 0.29) is 43.2 Å². The predicted molar refractivity (Wildman–Crippen MR) is 135 cm³/mol. The monoisotopic (exact) mass is 546 g/mol. The summed E-state index contributed by atoms with van der Waals surface area (Å²) < 4.78 is 45.4. The Morgan fingerprint density at radius 1 is 1.15 bits per heavy atom. The number of nitrogens with zero attached hydrogens (tertiary/aromatic N) is 3. The summed E-state index contributed by atoms with van der Waals surface area (Å²) in [4.78, 5) is 40.5. The third-order valence-corrected chi connectivity index (χ3v) is 7.56. The molecule has 1 aromatic carbocycles. The Labute approximate surface area is 222 Å². The lowest BCUT2D eigenvalue weighted by molar-refractivity contribution is -0.146. The van der Waals surface area contributed by atoms with Crippen molar-refractivity contribution in [1.82, 2.24) is 20.0 Å². The maximum absolute atomic E-state index is 13.5. The van der Waals surface area contributed by atoms with Gasteiger partial charge in [-0.15, -0.1) is 0 Å². The molecule has 1 aromatic heterocycles. The summed E-state index contributed by atoms with van der Waals surface area (Å²) in [5, 5.41) is 12.3. The zero-order valence-corrected chi connectivity index (χ0v) is 21.4. The molecule has 3 amide bonds. The van der Waals surface area contributed by atoms with E-state index < -0.39 is 30.0 Å². The highest BCUT2D eigenvalue weighted by Crippen LogP contribution is 2.45. The summed E-state index contributed by atoms with van der Waals surface area (Å²) in [6.07, 6.45) is -1.36. The maximum atomic E-state index is 13.5. The van der Waals surface area contributed by atoms with Crippen molar-refractivity contribution in [2.45, 2.75) is 37.3 Å². The Morgan fingerprint density at radius 3 is 2.51 bits per heavy atom. The number of piperidine rings is 1. The molecule has 0 unspecified atom stereocenters. The summed E-state index contributed by atoms with van der Waals surface area (Å²) in [7, 11) is 1.58. The molecule has 3 aliphatic heterocycles. The van der Waals surface area contributed by atoms with Gasteiger partial charge in [0.2, 0.25) is 5.91 Å². The molecule has 39 heavy (non-hydrogen) atoms. The summed E-state index contributed by atoms with van der Waals surface area (Å²) in [6, 6.07) is 6.68. The highest BCUT2D eigenvalue weighted by molar-refractivity contribution is 6.10. The van der Waals surface area contributed by atoms with Crippen LogP contribution in [0.15, 0.2) is 41.7 Å². The zero-order chi connectivity index (χ0) is 27.8. The van der Waals surface area contributed by atoms with Gasteiger partial charge in [0.25, 0.3) is 11.8 Å². The minimum atomic E-state index is -4.32. The van der Waals surface area contributed by atoms with Gasteiger partial charge >= 0.3 is 6.18 Å². The van der Waals surface area contributed by atoms with E-state index in [0.29, 0.717) is 43.0 Å². The number of anilines is 2. The number of hydrogen-bond acceptors (Lipinski definition) is 6. The number of alkyl halides is 3. The normalized spacial score (nSPS) is 19.0. The van der Waals surface area contributed by atoms with E-state index in [1.165, 1.54) is 21.8 Å². The van der Waals surface area contributed by atoms with Crippen LogP contribution in [-0.2, 0) is 26.8 Å². The number of hydrogen-bond donors (Lipinski definition) is 3. The number of carbonyl (C=O) groups excluding carboxylic acids is 3. The second kappa shape index (κ2) is 10.5. The molecule has 3 aliphatic rings. The lowest BCUT2D eigenvalue weighted by Crippen LogP contribution is -2.40. The number of ether oxygens (including phenoxy) is 1. The second-order valence-electron chi connectivity index (χ2n) is 10.0. The molecule has 0 atom stereocenters. The van der Waals surface area contributed by atoms with Crippen LogP contribution in [0, 0.1) is 0 Å². The van der Waals surface area contributed by atoms with Gasteiger partial charge in [0.05, 0.1) is 12.0 Å². The minimum Gasteiger partial charge on any atom is -0.381 e. The molecule has 208 valence electrons. The van der Waals surface area contributed by atoms with Crippen LogP contribution in [0.5, 0.6) is 0 Å². The first-order chi connectivity index (χ1) is 18.6. The fourth-order valence-corrected chi connectivity index (χ4v) is 5.48. The molecule has 5 rings (SSSR count). The Balaban J connectivity index is 1.37. The molecule has 2 saturated heterocycles. The van der Waals surface area contributed by atoms with Gasteiger partial charge in [-0.2, -0.15) is 18.3 Å². The molecule has 1 spiro atoms. The average molecular weight is 547 g/mol. The zero-order valence-electron chi connectivity index (χ0n) is 21.4. The number of benzene rings is 1. The number of halogens is 3. The Bertz CT molecular complexity index is 1320. The maximum Gasteiger partial charge on any atom is 0.401 e. The van der Waals surface area contributed by atoms with Gasteiger partial charge in [0, 0.05) is 50.9 Å². The van der Waals surface area contributed by atoms with Crippen LogP contribution >= 0.6 is 0 Å². The van der Waals surface area contributed by atoms with Crippen LogP contribution in [-0.4, -0.2) is 71.4 Å². The van der Waals surface area contributed by atoms with E-state index in [0.717, 1.165) is 5.56 Å². The largest absolute Gasteiger partial charge is 0.401 e. The first-order valence-electron chi connectivity index (χ1n) is 12.7. The summed E-state index contributed by atoms with van der Waals surface area (Å²) >= 11 is 0. The molecule has 0 aliphatic carbocycles. The van der Waals surface area contributed by atoms with E-state index in [2.05, 4.69) is 21.0 Å². The van der Waals surface area contributed by atoms with Crippen LogP contribution in [0.2, 0.25) is 0 Å². The van der Waals surface area contributed by atoms with Crippen molar-refractivity contribution in [2.24, 2.45) is 7.05 Å². The number of nitrogens with one attached hydrogen (secondary N) is 3. The van der Waals surface area contributed by atoms with Crippen molar-refractivity contribution in [2.75, 3.05) is 43.5 Å². The quantitative estimate of drug-likeness (QED) is 0.497. The number of carbonyl (C=O) groups is 3. The number of fused-ring (bicyclic) bond motifs is 2. The van der Waals surface area contributed by atoms with Gasteiger partial charge in [-0.3, -0.25) is 24.0 Å². The number of aryl methyl sites for hydroxylation is 1. The van der Waals surface area contributed by atoms with Crippen LogP contribution in [0.4, 0.5) is 24.5 Å². The van der Waals surface area contributed by atoms with Crippen LogP contribution in [0.1, 0.15) is 41.7 Å². The van der Waals surface area contributed by atoms with Crippen molar-refractivity contribution in [1.29, 1.82) is 0 Å². The molecule has 10 nitrogen and oxygen atoms in total. The van der Waals surface area contributed by atoms with Crippen molar-refractivity contribution in [3.63, 3.8) is 0 Å². The van der Waals surface area contributed by atoms with E-state index in [9.17, 15) is 27.6 Å². The topological polar surface area (TPSA) is 118 Å². The molecule has 0 bridgehead atoms. The van der Waals surface area contributed by atoms with Crippen LogP contribution in [0.3, 0.4) is 0 Å². The van der Waals surface area contributed by atoms with Crippen molar-refractivity contribution < 1.29 is 32.3 Å². The lowest BCUT2D eigenvalue weighted by atomic mass is 9.75. The standard InChI is InChI=1S/C26H29F3N6O4/c1-34-20(4-9-30-34)22(36)33-21(16-5-10-35(11-6-16)15-26(27,28)29)23(37)31-17-2-3-18-19(14-17)32-24(38)25(18)7-12-39-13-8-25/h2-4,9,14H,5-8,10-13,15H2,1H3,(H,31,37)(H,32,38)(H,33,36). The van der Waals surface area contributed by atoms with Crippen molar-refractivity contribution in [3.05, 3.63) is 53.0 Å². The smallest absolute Gasteiger partial charge is 0.381 e. The van der Waals surface area contributed by atoms with Gasteiger partial charge in [-0.05, 0) is 55.0 Å². The van der Waals surface area contributed by atoms with Crippen LogP contribution in [0.25, 0.3) is 0 Å². The van der Waals surface area contributed by atoms with E-state index in [1.807, 2.05) is 6.07 Å². The van der Waals surface area contributed by atoms with Gasteiger partial charge in [0.15, 0.2) is 0 Å². The summed E-state index contributed by atoms with van der Waals surface area (Å²) in [5.41, 5.74) is 1.99. The average Bonchev–Trinajstić information content (AvgIpc) is 3.43. The van der Waals surface area contributed by atoms with Gasteiger partial charge < -0.3 is 20.7 Å². The summed E-state index contributed by atoms with van der Waals surface area (Å²) in [6.45, 7) is 0.142. The van der Waals surface area contributed by atoms with E-state index in [4.69, 9.17) is 4.74 Å². The Morgan fingerprint density at radius 2 is 1.87 bits per heavy atom. The van der Waals surface area contributed by atoms with E-state index in [1.54, 1.807) is 19.2 Å². The Hall–Kier alpha value is -3.71. The molecule has 0 saturated carbocycles. The third-order valence-electron chi connectivity index (χ3n) is 7.56. The molecular formula is C26H29F3N6O4. The lowest BCUT2D eigenvalue weighted by Gasteiger charge is -2.31. The Kier molecular flexibility index (Phi) is 7.21. The molecule has 4 heterocycles. The van der Waals surface area contributed by atoms with Crippen LogP contribution < -0.4 is 16.0 Å². The first kappa shape index (κ1) is 26.9. The highest BCUT2D eigenvalue weighted by Gasteiger charge is 2.47. The molecule has 13 heteroatoms. The number of likely N-dealkylation sites (tertiary alicyclic amines) is 1. The van der Waals surface area contributed by atoms with Crippen molar-refractivity contribution in [3.8, 4) is 0 Å². The fraction of sp³-hybridized carbons (Fsp3) is 0.462. The number of aromatic nitrogens is 2. The molecular weight excluding hydrogens is 517 g/mol. The number of rotatable bonds is 5.